The lowest BCUT2D eigenvalue weighted by atomic mass is 9.76. The van der Waals surface area contributed by atoms with Gasteiger partial charge in [-0.3, -0.25) is 0 Å². The van der Waals surface area contributed by atoms with Crippen molar-refractivity contribution < 1.29 is 44.2 Å². The van der Waals surface area contributed by atoms with Crippen LogP contribution in [0.4, 0.5) is 0 Å². The van der Waals surface area contributed by atoms with Crippen LogP contribution < -0.4 is 0 Å². The van der Waals surface area contributed by atoms with E-state index in [9.17, 15) is 25.2 Å². The predicted octanol–water partition coefficient (Wildman–Crippen LogP) is 4.69. The van der Waals surface area contributed by atoms with Crippen LogP contribution in [-0.2, 0) is 23.7 Å². The summed E-state index contributed by atoms with van der Waals surface area (Å²) in [6.45, 7) is 17.0. The number of rotatable bonds is 7. The van der Waals surface area contributed by atoms with Crippen LogP contribution in [0.15, 0.2) is 47.3 Å². The lowest BCUT2D eigenvalue weighted by Crippen LogP contribution is -2.59. The zero-order valence-electron chi connectivity index (χ0n) is 28.6. The molecule has 9 nitrogen and oxygen atoms in total. The lowest BCUT2D eigenvalue weighted by Gasteiger charge is -2.49. The van der Waals surface area contributed by atoms with E-state index >= 15 is 0 Å². The molecule has 44 heavy (non-hydrogen) atoms. The van der Waals surface area contributed by atoms with Crippen molar-refractivity contribution in [3.8, 4) is 0 Å². The van der Waals surface area contributed by atoms with Gasteiger partial charge in [-0.2, -0.15) is 0 Å². The van der Waals surface area contributed by atoms with Crippen molar-refractivity contribution in [3.63, 3.8) is 0 Å². The topological polar surface area (TPSA) is 135 Å². The number of esters is 1. The Kier molecular flexibility index (Phi) is 14.3. The molecule has 0 aromatic carbocycles. The van der Waals surface area contributed by atoms with Crippen LogP contribution in [0.1, 0.15) is 75.2 Å². The zero-order valence-corrected chi connectivity index (χ0v) is 28.6. The summed E-state index contributed by atoms with van der Waals surface area (Å²) < 4.78 is 23.4. The SMILES string of the molecule is CO/C1=C\C(C)=C\C(C)C(O)C(C)C/C(C)=C\C=C\C(OC)C(C(C)C(O)C(C)C2(O)CC(O)C(C)C(C(C)C)O2)OC1=O. The van der Waals surface area contributed by atoms with Crippen LogP contribution in [0.3, 0.4) is 0 Å². The fourth-order valence-electron chi connectivity index (χ4n) is 6.54. The average molecular weight is 623 g/mol. The van der Waals surface area contributed by atoms with Crippen LogP contribution in [0.2, 0.25) is 0 Å². The first-order valence-electron chi connectivity index (χ1n) is 15.9. The molecule has 0 spiro atoms. The molecule has 0 aromatic rings. The minimum absolute atomic E-state index is 0.00492. The van der Waals surface area contributed by atoms with E-state index in [0.717, 1.165) is 11.1 Å². The molecule has 0 radical (unpaired) electrons. The third-order valence-corrected chi connectivity index (χ3v) is 9.50. The fraction of sp³-hybridized carbons (Fsp3) is 0.743. The summed E-state index contributed by atoms with van der Waals surface area (Å²) in [5.41, 5.74) is 1.78. The summed E-state index contributed by atoms with van der Waals surface area (Å²) in [6, 6.07) is 0. The van der Waals surface area contributed by atoms with Gasteiger partial charge in [0.1, 0.15) is 12.2 Å². The molecular weight excluding hydrogens is 564 g/mol. The van der Waals surface area contributed by atoms with Gasteiger partial charge in [-0.05, 0) is 38.2 Å². The Labute approximate surface area is 264 Å². The van der Waals surface area contributed by atoms with Gasteiger partial charge in [-0.25, -0.2) is 4.79 Å². The van der Waals surface area contributed by atoms with Crippen molar-refractivity contribution in [1.82, 2.24) is 0 Å². The molecule has 2 aliphatic rings. The first kappa shape index (κ1) is 38.2. The quantitative estimate of drug-likeness (QED) is 0.298. The molecule has 2 rings (SSSR count). The number of ether oxygens (including phenoxy) is 4. The van der Waals surface area contributed by atoms with Crippen molar-refractivity contribution in [2.45, 2.75) is 118 Å². The molecule has 1 saturated heterocycles. The monoisotopic (exact) mass is 622 g/mol. The van der Waals surface area contributed by atoms with Crippen LogP contribution in [0.25, 0.3) is 0 Å². The van der Waals surface area contributed by atoms with Gasteiger partial charge in [0.05, 0.1) is 31.5 Å². The van der Waals surface area contributed by atoms with Crippen LogP contribution in [0.5, 0.6) is 0 Å². The normalized spacial score (nSPS) is 41.2. The summed E-state index contributed by atoms with van der Waals surface area (Å²) in [7, 11) is 2.87. The van der Waals surface area contributed by atoms with Crippen molar-refractivity contribution in [1.29, 1.82) is 0 Å². The molecule has 4 N–H and O–H groups in total. The Morgan fingerprint density at radius 3 is 2.25 bits per heavy atom. The van der Waals surface area contributed by atoms with E-state index < -0.39 is 60.2 Å². The van der Waals surface area contributed by atoms with Gasteiger partial charge in [0.2, 0.25) is 5.76 Å². The van der Waals surface area contributed by atoms with Gasteiger partial charge in [-0.15, -0.1) is 0 Å². The molecule has 12 unspecified atom stereocenters. The number of methoxy groups -OCH3 is 2. The van der Waals surface area contributed by atoms with E-state index in [1.54, 1.807) is 26.0 Å². The van der Waals surface area contributed by atoms with Crippen molar-refractivity contribution >= 4 is 5.97 Å². The molecular formula is C35H58O9. The Hall–Kier alpha value is -2.01. The Bertz CT molecular complexity index is 1060. The molecule has 0 aliphatic carbocycles. The highest BCUT2D eigenvalue weighted by atomic mass is 16.6. The first-order chi connectivity index (χ1) is 20.5. The molecule has 9 heteroatoms. The summed E-state index contributed by atoms with van der Waals surface area (Å²) in [4.78, 5) is 13.5. The molecule has 2 aliphatic heterocycles. The predicted molar refractivity (Wildman–Crippen MR) is 170 cm³/mol. The third kappa shape index (κ3) is 9.50. The maximum Gasteiger partial charge on any atom is 0.373 e. The van der Waals surface area contributed by atoms with Crippen LogP contribution in [0, 0.1) is 35.5 Å². The van der Waals surface area contributed by atoms with E-state index in [4.69, 9.17) is 18.9 Å². The fourth-order valence-corrected chi connectivity index (χ4v) is 6.54. The van der Waals surface area contributed by atoms with Crippen molar-refractivity contribution in [2.24, 2.45) is 35.5 Å². The first-order valence-corrected chi connectivity index (χ1v) is 15.9. The van der Waals surface area contributed by atoms with Gasteiger partial charge in [-0.1, -0.05) is 83.9 Å². The molecule has 0 amide bonds. The minimum Gasteiger partial charge on any atom is -0.490 e. The molecule has 12 atom stereocenters. The standard InChI is InChI=1S/C35H58O9/c1-19(2)32-24(7)27(36)18-35(40,44-32)26(9)31(38)25(8)33-28(41-10)14-12-13-20(3)15-22(5)30(37)23(6)16-21(4)17-29(42-11)34(39)43-33/h12-14,16-17,19,22-28,30-33,36-38,40H,15,18H2,1-11H3/b14-12+,20-13-,21-16+,29-17-. The number of cyclic esters (lactones) is 1. The number of hydrogen-bond acceptors (Lipinski definition) is 9. The van der Waals surface area contributed by atoms with E-state index in [-0.39, 0.29) is 35.9 Å². The molecule has 0 aromatic heterocycles. The minimum atomic E-state index is -1.80. The second kappa shape index (κ2) is 16.5. The van der Waals surface area contributed by atoms with Crippen molar-refractivity contribution in [3.05, 3.63) is 47.3 Å². The van der Waals surface area contributed by atoms with Gasteiger partial charge in [0.15, 0.2) is 5.79 Å². The van der Waals surface area contributed by atoms with E-state index in [2.05, 4.69) is 0 Å². The Balaban J connectivity index is 2.52. The number of carbonyl (C=O) groups is 1. The number of carbonyl (C=O) groups excluding carboxylic acids is 1. The van der Waals surface area contributed by atoms with Crippen LogP contribution in [-0.4, -0.2) is 83.0 Å². The molecule has 252 valence electrons. The summed E-state index contributed by atoms with van der Waals surface area (Å²) in [6.07, 6.45) is 4.85. The zero-order chi connectivity index (χ0) is 33.5. The third-order valence-electron chi connectivity index (χ3n) is 9.50. The Morgan fingerprint density at radius 2 is 1.68 bits per heavy atom. The molecule has 0 bridgehead atoms. The molecule has 2 heterocycles. The maximum absolute atomic E-state index is 13.5. The Morgan fingerprint density at radius 1 is 1.05 bits per heavy atom. The maximum atomic E-state index is 13.5. The summed E-state index contributed by atoms with van der Waals surface area (Å²) >= 11 is 0. The number of hydrogen-bond donors (Lipinski definition) is 4. The van der Waals surface area contributed by atoms with Crippen LogP contribution >= 0.6 is 0 Å². The largest absolute Gasteiger partial charge is 0.490 e. The van der Waals surface area contributed by atoms with Gasteiger partial charge >= 0.3 is 5.97 Å². The average Bonchev–Trinajstić information content (AvgIpc) is 2.96. The summed E-state index contributed by atoms with van der Waals surface area (Å²) in [5.74, 6) is -4.49. The van der Waals surface area contributed by atoms with E-state index in [0.29, 0.717) is 6.42 Å². The van der Waals surface area contributed by atoms with E-state index in [1.807, 2.05) is 66.7 Å². The highest BCUT2D eigenvalue weighted by Crippen LogP contribution is 2.41. The number of aliphatic hydroxyl groups is 4. The van der Waals surface area contributed by atoms with Gasteiger partial charge in [0.25, 0.3) is 0 Å². The lowest BCUT2D eigenvalue weighted by molar-refractivity contribution is -0.328. The highest BCUT2D eigenvalue weighted by molar-refractivity contribution is 5.87. The smallest absolute Gasteiger partial charge is 0.373 e. The van der Waals surface area contributed by atoms with Gasteiger partial charge in [0, 0.05) is 37.2 Å². The second-order valence-electron chi connectivity index (χ2n) is 13.6. The molecule has 0 saturated carbocycles. The summed E-state index contributed by atoms with van der Waals surface area (Å²) in [5, 5.41) is 45.0. The number of allylic oxidation sites excluding steroid dienone is 5. The van der Waals surface area contributed by atoms with Crippen molar-refractivity contribution in [2.75, 3.05) is 14.2 Å². The number of aliphatic hydroxyl groups excluding tert-OH is 3. The molecule has 1 fully saturated rings. The highest BCUT2D eigenvalue weighted by Gasteiger charge is 2.51. The van der Waals surface area contributed by atoms with Gasteiger partial charge < -0.3 is 39.4 Å². The van der Waals surface area contributed by atoms with E-state index in [1.165, 1.54) is 14.2 Å². The second-order valence-corrected chi connectivity index (χ2v) is 13.6.